The number of aliphatic imine (C=N–C) groups is 1. The molecule has 1 aliphatic heterocycles. The summed E-state index contributed by atoms with van der Waals surface area (Å²) in [5.41, 5.74) is 18.0. The Labute approximate surface area is 329 Å². The van der Waals surface area contributed by atoms with Gasteiger partial charge in [0.25, 0.3) is 11.7 Å². The summed E-state index contributed by atoms with van der Waals surface area (Å²) in [4.78, 5) is 70.9. The van der Waals surface area contributed by atoms with Crippen LogP contribution in [-0.2, 0) is 48.4 Å². The van der Waals surface area contributed by atoms with E-state index in [4.69, 9.17) is 16.2 Å². The van der Waals surface area contributed by atoms with Crippen LogP contribution in [0.2, 0.25) is 0 Å². The quantitative estimate of drug-likeness (QED) is 0.0441. The van der Waals surface area contributed by atoms with E-state index in [1.54, 1.807) is 58.8 Å². The lowest BCUT2D eigenvalue weighted by Gasteiger charge is -2.10. The summed E-state index contributed by atoms with van der Waals surface area (Å²) < 4.78 is 10.5. The third-order valence-electron chi connectivity index (χ3n) is 10.1. The highest BCUT2D eigenvalue weighted by atomic mass is 16.5. The molecule has 2 aromatic carbocycles. The number of aromatic nitrogens is 6. The van der Waals surface area contributed by atoms with Crippen molar-refractivity contribution < 1.29 is 33.3 Å². The van der Waals surface area contributed by atoms with Crippen LogP contribution in [0.15, 0.2) is 47.5 Å². The van der Waals surface area contributed by atoms with Crippen LogP contribution in [0.25, 0.3) is 11.0 Å². The molecule has 57 heavy (non-hydrogen) atoms. The van der Waals surface area contributed by atoms with Gasteiger partial charge in [-0.05, 0) is 89.3 Å². The van der Waals surface area contributed by atoms with Crippen LogP contribution < -0.4 is 21.4 Å². The topological polar surface area (TPSA) is 226 Å². The van der Waals surface area contributed by atoms with Crippen LogP contribution in [0.3, 0.4) is 0 Å². The highest BCUT2D eigenvalue weighted by molar-refractivity contribution is 6.09. The molecule has 5 aromatic rings. The predicted molar refractivity (Wildman–Crippen MR) is 211 cm³/mol. The number of ether oxygens (including phenoxy) is 1. The van der Waals surface area contributed by atoms with Crippen LogP contribution >= 0.6 is 0 Å². The highest BCUT2D eigenvalue weighted by Crippen LogP contribution is 2.28. The first kappa shape index (κ1) is 40.2. The Bertz CT molecular complexity index is 2400. The number of ketones is 1. The minimum Gasteiger partial charge on any atom is -0.466 e. The minimum atomic E-state index is -0.556. The Morgan fingerprint density at radius 1 is 0.912 bits per heavy atom. The summed E-state index contributed by atoms with van der Waals surface area (Å²) in [5, 5.41) is 12.2. The van der Waals surface area contributed by atoms with Gasteiger partial charge in [-0.15, -0.1) is 0 Å². The Morgan fingerprint density at radius 3 is 2.40 bits per heavy atom. The number of hydrogen-bond donors (Lipinski definition) is 4. The van der Waals surface area contributed by atoms with Crippen molar-refractivity contribution in [2.45, 2.75) is 98.7 Å². The summed E-state index contributed by atoms with van der Waals surface area (Å²) in [5.74, 6) is -0.659. The summed E-state index contributed by atoms with van der Waals surface area (Å²) >= 11 is 0. The number of amidine groups is 1. The molecule has 0 saturated heterocycles. The van der Waals surface area contributed by atoms with E-state index >= 15 is 0 Å². The van der Waals surface area contributed by atoms with Crippen molar-refractivity contribution in [3.8, 4) is 0 Å². The smallest absolute Gasteiger partial charge is 0.305 e. The molecule has 6 N–H and O–H groups in total. The molecule has 0 bridgehead atoms. The summed E-state index contributed by atoms with van der Waals surface area (Å²) in [7, 11) is 0. The Morgan fingerprint density at radius 2 is 1.67 bits per heavy atom. The average Bonchev–Trinajstić information content (AvgIpc) is 3.93. The molecule has 0 unspecified atom stereocenters. The van der Waals surface area contributed by atoms with Gasteiger partial charge in [0.1, 0.15) is 23.6 Å². The van der Waals surface area contributed by atoms with E-state index in [0.717, 1.165) is 47.3 Å². The van der Waals surface area contributed by atoms with Crippen molar-refractivity contribution in [1.29, 1.82) is 0 Å². The van der Waals surface area contributed by atoms with Gasteiger partial charge in [0.05, 0.1) is 30.2 Å². The number of benzene rings is 2. The second-order valence-corrected chi connectivity index (χ2v) is 14.2. The van der Waals surface area contributed by atoms with Crippen molar-refractivity contribution >= 4 is 52.0 Å². The number of amides is 3. The number of carbonyl (C=O) groups excluding carboxylic acids is 5. The normalized spacial score (nSPS) is 12.1. The summed E-state index contributed by atoms with van der Waals surface area (Å²) in [6.45, 7) is 9.28. The van der Waals surface area contributed by atoms with Gasteiger partial charge in [0.15, 0.2) is 16.8 Å². The van der Waals surface area contributed by atoms with Gasteiger partial charge in [0, 0.05) is 48.7 Å². The summed E-state index contributed by atoms with van der Waals surface area (Å²) in [6.07, 6.45) is 4.21. The molecule has 0 spiro atoms. The number of nitrogens with one attached hydrogen (secondary N) is 2. The maximum atomic E-state index is 13.9. The van der Waals surface area contributed by atoms with E-state index < -0.39 is 11.8 Å². The monoisotopic (exact) mass is 777 g/mol. The van der Waals surface area contributed by atoms with E-state index in [2.05, 4.69) is 25.5 Å². The predicted octanol–water partition coefficient (Wildman–Crippen LogP) is 3.88. The second-order valence-electron chi connectivity index (χ2n) is 14.2. The van der Waals surface area contributed by atoms with Crippen LogP contribution in [0, 0.1) is 13.8 Å². The molecule has 6 rings (SSSR count). The number of carbonyl (C=O) groups is 5. The number of aryl methyl sites for hydroxylation is 5. The number of hydrogen-bond acceptors (Lipinski definition) is 9. The Hall–Kier alpha value is -6.45. The van der Waals surface area contributed by atoms with E-state index in [-0.39, 0.29) is 30.5 Å². The number of aromatic amines is 1. The molecule has 16 nitrogen and oxygen atoms in total. The first-order valence-corrected chi connectivity index (χ1v) is 19.3. The fourth-order valence-electron chi connectivity index (χ4n) is 7.33. The van der Waals surface area contributed by atoms with Gasteiger partial charge in [-0.2, -0.15) is 10.2 Å². The summed E-state index contributed by atoms with van der Waals surface area (Å²) in [6, 6.07) is 12.0. The molecule has 0 aliphatic carbocycles. The largest absolute Gasteiger partial charge is 0.466 e. The minimum absolute atomic E-state index is 0.0452. The van der Waals surface area contributed by atoms with Crippen LogP contribution in [-0.4, -0.2) is 66.5 Å². The fraction of sp³-hybridized carbons (Fsp3) is 0.390. The van der Waals surface area contributed by atoms with Crippen molar-refractivity contribution in [2.24, 2.45) is 16.5 Å². The number of H-pyrrole nitrogens is 1. The zero-order valence-corrected chi connectivity index (χ0v) is 32.8. The molecule has 0 atom stereocenters. The number of unbranched alkanes of at least 4 members (excludes halogenated alkanes) is 2. The van der Waals surface area contributed by atoms with Gasteiger partial charge in [-0.1, -0.05) is 12.5 Å². The molecule has 3 aromatic heterocycles. The third-order valence-corrected chi connectivity index (χ3v) is 10.1. The van der Waals surface area contributed by atoms with Gasteiger partial charge in [0.2, 0.25) is 11.8 Å². The number of primary amides is 2. The van der Waals surface area contributed by atoms with E-state index in [9.17, 15) is 24.0 Å². The van der Waals surface area contributed by atoms with Gasteiger partial charge in [-0.25, -0.2) is 14.5 Å². The molecular formula is C41H49N10O6+. The highest BCUT2D eigenvalue weighted by Gasteiger charge is 2.27. The molecule has 1 aliphatic rings. The number of nitrogens with zero attached hydrogens (tertiary/aromatic N) is 6. The lowest BCUT2D eigenvalue weighted by Crippen LogP contribution is -2.38. The molecule has 298 valence electrons. The first-order valence-electron chi connectivity index (χ1n) is 19.3. The lowest BCUT2D eigenvalue weighted by molar-refractivity contribution is -0.678. The molecular weight excluding hydrogens is 729 g/mol. The number of imidazole rings is 1. The van der Waals surface area contributed by atoms with Crippen molar-refractivity contribution in [2.75, 3.05) is 6.61 Å². The van der Waals surface area contributed by atoms with E-state index in [1.165, 1.54) is 0 Å². The van der Waals surface area contributed by atoms with E-state index in [0.29, 0.717) is 90.9 Å². The van der Waals surface area contributed by atoms with Crippen molar-refractivity contribution in [1.82, 2.24) is 29.9 Å². The molecule has 0 radical (unpaired) electrons. The van der Waals surface area contributed by atoms with Crippen molar-refractivity contribution in [3.05, 3.63) is 93.3 Å². The van der Waals surface area contributed by atoms with Crippen LogP contribution in [0.5, 0.6) is 0 Å². The molecule has 0 saturated carbocycles. The molecule has 0 fully saturated rings. The third kappa shape index (κ3) is 9.17. The van der Waals surface area contributed by atoms with Gasteiger partial charge in [-0.3, -0.25) is 33.3 Å². The molecule has 4 heterocycles. The molecule has 16 heteroatoms. The zero-order chi connectivity index (χ0) is 40.8. The van der Waals surface area contributed by atoms with Crippen LogP contribution in [0.4, 0.5) is 5.69 Å². The Kier molecular flexibility index (Phi) is 12.4. The Balaban J connectivity index is 1.09. The average molecular weight is 778 g/mol. The maximum Gasteiger partial charge on any atom is 0.305 e. The first-order chi connectivity index (χ1) is 27.4. The van der Waals surface area contributed by atoms with Crippen molar-refractivity contribution in [3.63, 3.8) is 0 Å². The fourth-order valence-corrected chi connectivity index (χ4v) is 7.33. The molecule has 3 amide bonds. The standard InChI is InChI=1S/C41H48N10O6/c1-5-50-38(41(56)46-35-22-26-13-14-27(39(42)54)20-30(26)44-35)29(25(4)48-50)11-8-7-9-18-51-33(19-24(3)47-51)34(52)23-36-45-31-21-28(40(43)55)15-16-32(31)49(36)17-10-12-37(53)57-6-2/h13-16,19-21H,5-12,17-18,22-23H2,1-4H3,(H5,42,43,44,46,54,55,56)/p+1. The zero-order valence-electron chi connectivity index (χ0n) is 32.8. The van der Waals surface area contributed by atoms with Crippen LogP contribution in [0.1, 0.15) is 116 Å². The number of esters is 1. The second kappa shape index (κ2) is 17.6. The number of fused-ring (bicyclic) bond motifs is 2. The lowest BCUT2D eigenvalue weighted by atomic mass is 10.0. The SMILES string of the molecule is CCOC(=O)CCC[n+]1c(CC(=O)c2cc(C)nn2CCCCCc2c(C)nn(CC)c2C(=O)NC2=Nc3cc(C(N)=O)ccc3C2)[nH]c2cc(C(N)=O)ccc21. The number of nitrogens with two attached hydrogens (primary N) is 2. The maximum absolute atomic E-state index is 13.9. The van der Waals surface area contributed by atoms with Gasteiger partial charge >= 0.3 is 5.97 Å². The number of rotatable bonds is 18. The number of Topliss-reactive ketones (excluding diaryl/α,β-unsaturated/α-hetero) is 1. The van der Waals surface area contributed by atoms with E-state index in [1.807, 2.05) is 25.3 Å². The van der Waals surface area contributed by atoms with Gasteiger partial charge < -0.3 is 21.5 Å².